The Bertz CT molecular complexity index is 692. The average Bonchev–Trinajstić information content (AvgIpc) is 3.43. The standard InChI is InChI=1S/C15H14ClN3O3/c16-10-3-1-9(2-4-10)14-18-17-13(22-14)7-19(11-5-6-11)15(20)12-8-21-12/h1-4,11-12H,5-8H2. The van der Waals surface area contributed by atoms with Gasteiger partial charge in [-0.25, -0.2) is 0 Å². The van der Waals surface area contributed by atoms with E-state index in [9.17, 15) is 4.79 Å². The first-order chi connectivity index (χ1) is 10.7. The first-order valence-corrected chi connectivity index (χ1v) is 7.59. The van der Waals surface area contributed by atoms with Gasteiger partial charge in [0.1, 0.15) is 0 Å². The minimum atomic E-state index is -0.278. The zero-order valence-electron chi connectivity index (χ0n) is 11.7. The van der Waals surface area contributed by atoms with Gasteiger partial charge in [-0.1, -0.05) is 11.6 Å². The van der Waals surface area contributed by atoms with Crippen molar-refractivity contribution >= 4 is 17.5 Å². The van der Waals surface area contributed by atoms with Gasteiger partial charge in [-0.15, -0.1) is 10.2 Å². The third-order valence-corrected chi connectivity index (χ3v) is 4.00. The van der Waals surface area contributed by atoms with E-state index in [1.165, 1.54) is 0 Å². The Morgan fingerprint density at radius 2 is 2.00 bits per heavy atom. The van der Waals surface area contributed by atoms with E-state index in [1.54, 1.807) is 17.0 Å². The first kappa shape index (κ1) is 13.7. The summed E-state index contributed by atoms with van der Waals surface area (Å²) in [6.07, 6.45) is 1.77. The third-order valence-electron chi connectivity index (χ3n) is 3.74. The largest absolute Gasteiger partial charge is 0.419 e. The molecule has 1 aromatic heterocycles. The topological polar surface area (TPSA) is 71.8 Å². The van der Waals surface area contributed by atoms with Crippen LogP contribution in [0.25, 0.3) is 11.5 Å². The number of carbonyl (C=O) groups excluding carboxylic acids is 1. The first-order valence-electron chi connectivity index (χ1n) is 7.21. The highest BCUT2D eigenvalue weighted by atomic mass is 35.5. The molecule has 1 unspecified atom stereocenters. The summed E-state index contributed by atoms with van der Waals surface area (Å²) in [6, 6.07) is 7.46. The van der Waals surface area contributed by atoms with E-state index < -0.39 is 0 Å². The molecular weight excluding hydrogens is 306 g/mol. The molecule has 0 radical (unpaired) electrons. The maximum Gasteiger partial charge on any atom is 0.254 e. The molecule has 1 amide bonds. The molecule has 1 aromatic carbocycles. The van der Waals surface area contributed by atoms with Gasteiger partial charge >= 0.3 is 0 Å². The molecule has 22 heavy (non-hydrogen) atoms. The molecule has 4 rings (SSSR count). The van der Waals surface area contributed by atoms with E-state index in [2.05, 4.69) is 10.2 Å². The summed E-state index contributed by atoms with van der Waals surface area (Å²) in [7, 11) is 0. The minimum Gasteiger partial charge on any atom is -0.419 e. The van der Waals surface area contributed by atoms with Gasteiger partial charge in [0.15, 0.2) is 6.10 Å². The second-order valence-corrected chi connectivity index (χ2v) is 5.96. The summed E-state index contributed by atoms with van der Waals surface area (Å²) in [5.41, 5.74) is 0.804. The lowest BCUT2D eigenvalue weighted by Crippen LogP contribution is -2.35. The van der Waals surface area contributed by atoms with Crippen LogP contribution in [0.2, 0.25) is 5.02 Å². The molecule has 2 aromatic rings. The van der Waals surface area contributed by atoms with Crippen molar-refractivity contribution in [3.05, 3.63) is 35.2 Å². The predicted octanol–water partition coefficient (Wildman–Crippen LogP) is 2.28. The van der Waals surface area contributed by atoms with Gasteiger partial charge < -0.3 is 14.1 Å². The smallest absolute Gasteiger partial charge is 0.254 e. The van der Waals surface area contributed by atoms with Crippen LogP contribution in [0, 0.1) is 0 Å². The number of epoxide rings is 1. The Morgan fingerprint density at radius 3 is 2.64 bits per heavy atom. The quantitative estimate of drug-likeness (QED) is 0.791. The number of benzene rings is 1. The highest BCUT2D eigenvalue weighted by molar-refractivity contribution is 6.30. The lowest BCUT2D eigenvalue weighted by molar-refractivity contribution is -0.134. The summed E-state index contributed by atoms with van der Waals surface area (Å²) in [5, 5.41) is 8.73. The molecule has 0 N–H and O–H groups in total. The number of aromatic nitrogens is 2. The van der Waals surface area contributed by atoms with E-state index in [4.69, 9.17) is 20.8 Å². The second kappa shape index (κ2) is 5.37. The number of rotatable bonds is 5. The van der Waals surface area contributed by atoms with Crippen LogP contribution in [0.1, 0.15) is 18.7 Å². The molecule has 1 aliphatic heterocycles. The molecule has 6 nitrogen and oxygen atoms in total. The summed E-state index contributed by atoms with van der Waals surface area (Å²) in [4.78, 5) is 14.0. The number of ether oxygens (including phenoxy) is 1. The Labute approximate surface area is 132 Å². The van der Waals surface area contributed by atoms with Crippen molar-refractivity contribution in [2.24, 2.45) is 0 Å². The Kier molecular flexibility index (Phi) is 3.35. The Hall–Kier alpha value is -1.92. The highest BCUT2D eigenvalue weighted by Crippen LogP contribution is 2.31. The van der Waals surface area contributed by atoms with Crippen LogP contribution in [0.3, 0.4) is 0 Å². The van der Waals surface area contributed by atoms with Gasteiger partial charge in [0, 0.05) is 16.6 Å². The van der Waals surface area contributed by atoms with Crippen LogP contribution in [0.4, 0.5) is 0 Å². The van der Waals surface area contributed by atoms with Crippen molar-refractivity contribution < 1.29 is 13.9 Å². The van der Waals surface area contributed by atoms with Gasteiger partial charge in [0.05, 0.1) is 13.2 Å². The minimum absolute atomic E-state index is 0.0220. The summed E-state index contributed by atoms with van der Waals surface area (Å²) in [6.45, 7) is 0.853. The number of carbonyl (C=O) groups is 1. The summed E-state index contributed by atoms with van der Waals surface area (Å²) in [5.74, 6) is 0.886. The Morgan fingerprint density at radius 1 is 1.27 bits per heavy atom. The molecule has 1 atom stereocenters. The maximum atomic E-state index is 12.2. The maximum absolute atomic E-state index is 12.2. The molecule has 2 aliphatic rings. The summed E-state index contributed by atoms with van der Waals surface area (Å²) < 4.78 is 10.8. The van der Waals surface area contributed by atoms with E-state index in [1.807, 2.05) is 12.1 Å². The molecule has 1 saturated heterocycles. The third kappa shape index (κ3) is 2.84. The van der Waals surface area contributed by atoms with Crippen LogP contribution < -0.4 is 0 Å². The monoisotopic (exact) mass is 319 g/mol. The lowest BCUT2D eigenvalue weighted by Gasteiger charge is -2.19. The van der Waals surface area contributed by atoms with Gasteiger partial charge in [-0.05, 0) is 37.1 Å². The van der Waals surface area contributed by atoms with E-state index in [0.717, 1.165) is 18.4 Å². The van der Waals surface area contributed by atoms with E-state index in [-0.39, 0.29) is 18.1 Å². The van der Waals surface area contributed by atoms with Crippen molar-refractivity contribution in [3.63, 3.8) is 0 Å². The van der Waals surface area contributed by atoms with E-state index >= 15 is 0 Å². The second-order valence-electron chi connectivity index (χ2n) is 5.53. The fraction of sp³-hybridized carbons (Fsp3) is 0.400. The number of halogens is 1. The highest BCUT2D eigenvalue weighted by Gasteiger charge is 2.41. The van der Waals surface area contributed by atoms with Crippen molar-refractivity contribution in [3.8, 4) is 11.5 Å². The van der Waals surface area contributed by atoms with Crippen LogP contribution in [-0.4, -0.2) is 39.8 Å². The molecule has 1 aliphatic carbocycles. The van der Waals surface area contributed by atoms with Gasteiger partial charge in [0.25, 0.3) is 5.91 Å². The van der Waals surface area contributed by atoms with Gasteiger partial charge in [-0.3, -0.25) is 4.79 Å². The van der Waals surface area contributed by atoms with Gasteiger partial charge in [0.2, 0.25) is 11.8 Å². The molecule has 0 bridgehead atoms. The van der Waals surface area contributed by atoms with Crippen LogP contribution >= 0.6 is 11.6 Å². The van der Waals surface area contributed by atoms with Crippen molar-refractivity contribution in [2.45, 2.75) is 31.5 Å². The summed E-state index contributed by atoms with van der Waals surface area (Å²) >= 11 is 5.86. The molecule has 7 heteroatoms. The number of amides is 1. The SMILES string of the molecule is O=C(C1CO1)N(Cc1nnc(-c2ccc(Cl)cc2)o1)C1CC1. The molecular formula is C15H14ClN3O3. The van der Waals surface area contributed by atoms with E-state index in [0.29, 0.717) is 30.0 Å². The molecule has 2 heterocycles. The molecule has 0 spiro atoms. The fourth-order valence-electron chi connectivity index (χ4n) is 2.32. The van der Waals surface area contributed by atoms with Gasteiger partial charge in [-0.2, -0.15) is 0 Å². The Balaban J connectivity index is 1.50. The zero-order chi connectivity index (χ0) is 15.1. The average molecular weight is 320 g/mol. The van der Waals surface area contributed by atoms with Crippen LogP contribution in [-0.2, 0) is 16.1 Å². The van der Waals surface area contributed by atoms with Crippen molar-refractivity contribution in [1.82, 2.24) is 15.1 Å². The predicted molar refractivity (Wildman–Crippen MR) is 78.1 cm³/mol. The molecule has 1 saturated carbocycles. The zero-order valence-corrected chi connectivity index (χ0v) is 12.5. The molecule has 2 fully saturated rings. The number of hydrogen-bond acceptors (Lipinski definition) is 5. The number of hydrogen-bond donors (Lipinski definition) is 0. The number of nitrogens with zero attached hydrogens (tertiary/aromatic N) is 3. The van der Waals surface area contributed by atoms with Crippen molar-refractivity contribution in [1.29, 1.82) is 0 Å². The lowest BCUT2D eigenvalue weighted by atomic mass is 10.2. The fourth-order valence-corrected chi connectivity index (χ4v) is 2.45. The van der Waals surface area contributed by atoms with Crippen LogP contribution in [0.15, 0.2) is 28.7 Å². The molecule has 114 valence electrons. The van der Waals surface area contributed by atoms with Crippen molar-refractivity contribution in [2.75, 3.05) is 6.61 Å². The normalized spacial score (nSPS) is 20.0. The van der Waals surface area contributed by atoms with Crippen LogP contribution in [0.5, 0.6) is 0 Å².